The zero-order valence-electron chi connectivity index (χ0n) is 23.3. The number of hydrogen-bond acceptors (Lipinski definition) is 8. The summed E-state index contributed by atoms with van der Waals surface area (Å²) in [5.41, 5.74) is 5.06. The number of aromatic nitrogens is 4. The lowest BCUT2D eigenvalue weighted by atomic mass is 9.93. The smallest absolute Gasteiger partial charge is 0.318 e. The first-order valence-electron chi connectivity index (χ1n) is 14.0. The molecule has 1 N–H and O–H groups in total. The lowest BCUT2D eigenvalue weighted by molar-refractivity contribution is -0.129. The quantitative estimate of drug-likeness (QED) is 0.467. The van der Waals surface area contributed by atoms with Gasteiger partial charge in [0.05, 0.1) is 30.1 Å². The minimum absolute atomic E-state index is 0.0930. The Hall–Kier alpha value is -3.57. The molecule has 5 heterocycles. The van der Waals surface area contributed by atoms with Crippen molar-refractivity contribution in [3.8, 4) is 6.01 Å². The lowest BCUT2D eigenvalue weighted by Gasteiger charge is -2.41. The van der Waals surface area contributed by atoms with E-state index >= 15 is 0 Å². The van der Waals surface area contributed by atoms with E-state index in [4.69, 9.17) is 19.4 Å². The number of carbonyl (C=O) groups excluding carboxylic acids is 1. The molecule has 0 aliphatic carbocycles. The highest BCUT2D eigenvalue weighted by Crippen LogP contribution is 2.39. The number of H-pyrrole nitrogens is 1. The van der Waals surface area contributed by atoms with Gasteiger partial charge in [-0.05, 0) is 57.5 Å². The van der Waals surface area contributed by atoms with Gasteiger partial charge in [-0.2, -0.15) is 15.1 Å². The SMILES string of the molecule is C=C(F)C(=O)N1CCN(c2nc(OCC3CCCN3C)nc3c2COC(c2c(C)ccc4[nH]ncc24)C3)[C@@H](C)C1. The van der Waals surface area contributed by atoms with Crippen molar-refractivity contribution in [3.05, 3.63) is 53.1 Å². The number of likely N-dealkylation sites (N-methyl/N-ethyl adjacent to an activating group) is 1. The highest BCUT2D eigenvalue weighted by atomic mass is 19.1. The molecule has 3 atom stereocenters. The number of rotatable bonds is 6. The van der Waals surface area contributed by atoms with Gasteiger partial charge in [0.1, 0.15) is 12.4 Å². The lowest BCUT2D eigenvalue weighted by Crippen LogP contribution is -2.54. The maximum absolute atomic E-state index is 13.6. The van der Waals surface area contributed by atoms with Crippen LogP contribution in [0.5, 0.6) is 6.01 Å². The van der Waals surface area contributed by atoms with Crippen molar-refractivity contribution in [2.24, 2.45) is 0 Å². The van der Waals surface area contributed by atoms with E-state index in [0.717, 1.165) is 58.5 Å². The fourth-order valence-corrected chi connectivity index (χ4v) is 6.28. The maximum atomic E-state index is 13.6. The Kier molecular flexibility index (Phi) is 7.18. The summed E-state index contributed by atoms with van der Waals surface area (Å²) in [6, 6.07) is 4.72. The molecule has 2 unspecified atom stereocenters. The third-order valence-electron chi connectivity index (χ3n) is 8.56. The summed E-state index contributed by atoms with van der Waals surface area (Å²) in [6.45, 7) is 10.5. The van der Waals surface area contributed by atoms with Gasteiger partial charge < -0.3 is 24.2 Å². The van der Waals surface area contributed by atoms with Crippen molar-refractivity contribution in [1.82, 2.24) is 30.0 Å². The van der Waals surface area contributed by atoms with Gasteiger partial charge in [-0.15, -0.1) is 0 Å². The van der Waals surface area contributed by atoms with E-state index in [0.29, 0.717) is 51.3 Å². The number of fused-ring (bicyclic) bond motifs is 2. The van der Waals surface area contributed by atoms with E-state index in [1.54, 1.807) is 0 Å². The first-order chi connectivity index (χ1) is 19.3. The minimum atomic E-state index is -0.935. The second kappa shape index (κ2) is 10.8. The predicted molar refractivity (Wildman–Crippen MR) is 149 cm³/mol. The van der Waals surface area contributed by atoms with Gasteiger partial charge in [0.15, 0.2) is 5.83 Å². The van der Waals surface area contributed by atoms with Crippen LogP contribution in [0.2, 0.25) is 0 Å². The van der Waals surface area contributed by atoms with E-state index in [-0.39, 0.29) is 12.1 Å². The van der Waals surface area contributed by atoms with Crippen LogP contribution in [0.15, 0.2) is 30.7 Å². The fourth-order valence-electron chi connectivity index (χ4n) is 6.28. The monoisotopic (exact) mass is 549 g/mol. The van der Waals surface area contributed by atoms with Crippen LogP contribution in [-0.4, -0.2) is 87.8 Å². The van der Waals surface area contributed by atoms with Gasteiger partial charge in [-0.25, -0.2) is 4.39 Å². The molecule has 10 nitrogen and oxygen atoms in total. The number of aryl methyl sites for hydroxylation is 1. The Balaban J connectivity index is 1.32. The molecule has 3 aliphatic heterocycles. The molecule has 0 saturated carbocycles. The number of halogens is 1. The van der Waals surface area contributed by atoms with Crippen LogP contribution in [0, 0.1) is 6.92 Å². The molecule has 3 aromatic rings. The Morgan fingerprint density at radius 2 is 2.12 bits per heavy atom. The van der Waals surface area contributed by atoms with Gasteiger partial charge in [-0.3, -0.25) is 9.89 Å². The highest BCUT2D eigenvalue weighted by Gasteiger charge is 2.34. The summed E-state index contributed by atoms with van der Waals surface area (Å²) < 4.78 is 26.3. The van der Waals surface area contributed by atoms with Crippen LogP contribution >= 0.6 is 0 Å². The molecule has 3 aliphatic rings. The second-order valence-corrected chi connectivity index (χ2v) is 11.2. The molecular formula is C29H36FN7O3. The molecule has 0 radical (unpaired) electrons. The number of amides is 1. The molecule has 40 heavy (non-hydrogen) atoms. The van der Waals surface area contributed by atoms with Crippen molar-refractivity contribution in [2.45, 2.75) is 57.9 Å². The summed E-state index contributed by atoms with van der Waals surface area (Å²) >= 11 is 0. The average molecular weight is 550 g/mol. The summed E-state index contributed by atoms with van der Waals surface area (Å²) in [4.78, 5) is 28.0. The van der Waals surface area contributed by atoms with Crippen LogP contribution in [0.1, 0.15) is 48.3 Å². The topological polar surface area (TPSA) is 99.7 Å². The Morgan fingerprint density at radius 3 is 2.88 bits per heavy atom. The second-order valence-electron chi connectivity index (χ2n) is 11.2. The van der Waals surface area contributed by atoms with Crippen molar-refractivity contribution in [1.29, 1.82) is 0 Å². The Labute approximate surface area is 233 Å². The standard InChI is InChI=1S/C29H36FN7O3/c1-17-7-8-23-21(13-31-34-23)26(17)25-12-24-22(16-39-25)27(33-29(32-24)40-15-20-6-5-9-35(20)4)37-11-10-36(14-18(37)2)28(38)19(3)30/h7-8,13,18,20,25H,3,5-6,9-12,14-16H2,1-2,4H3,(H,31,34)/t18-,20?,25?/m0/s1. The Bertz CT molecular complexity index is 1440. The van der Waals surface area contributed by atoms with Crippen LogP contribution in [0.4, 0.5) is 10.2 Å². The van der Waals surface area contributed by atoms with E-state index in [9.17, 15) is 9.18 Å². The van der Waals surface area contributed by atoms with Gasteiger partial charge in [-0.1, -0.05) is 12.6 Å². The zero-order valence-corrected chi connectivity index (χ0v) is 23.3. The first-order valence-corrected chi connectivity index (χ1v) is 14.0. The molecule has 0 bridgehead atoms. The molecule has 2 aromatic heterocycles. The van der Waals surface area contributed by atoms with E-state index in [2.05, 4.69) is 46.6 Å². The maximum Gasteiger partial charge on any atom is 0.318 e. The van der Waals surface area contributed by atoms with Crippen molar-refractivity contribution in [2.75, 3.05) is 44.7 Å². The average Bonchev–Trinajstić information content (AvgIpc) is 3.59. The highest BCUT2D eigenvalue weighted by molar-refractivity contribution is 5.90. The van der Waals surface area contributed by atoms with Crippen LogP contribution in [0.25, 0.3) is 10.9 Å². The third kappa shape index (κ3) is 4.92. The largest absolute Gasteiger partial charge is 0.462 e. The van der Waals surface area contributed by atoms with E-state index in [1.807, 2.05) is 19.2 Å². The third-order valence-corrected chi connectivity index (χ3v) is 8.56. The van der Waals surface area contributed by atoms with Gasteiger partial charge in [0, 0.05) is 49.1 Å². The molecule has 1 aromatic carbocycles. The number of nitrogens with one attached hydrogen (secondary N) is 1. The number of piperazine rings is 1. The normalized spacial score (nSPS) is 23.4. The first kappa shape index (κ1) is 26.6. The van der Waals surface area contributed by atoms with Gasteiger partial charge in [0.25, 0.3) is 5.91 Å². The summed E-state index contributed by atoms with van der Waals surface area (Å²) in [7, 11) is 2.12. The number of hydrogen-bond donors (Lipinski definition) is 1. The predicted octanol–water partition coefficient (Wildman–Crippen LogP) is 3.47. The van der Waals surface area contributed by atoms with Crippen LogP contribution in [0.3, 0.4) is 0 Å². The van der Waals surface area contributed by atoms with Crippen molar-refractivity contribution in [3.63, 3.8) is 0 Å². The number of benzene rings is 1. The summed E-state index contributed by atoms with van der Waals surface area (Å²) in [5, 5.41) is 8.35. The van der Waals surface area contributed by atoms with E-state index < -0.39 is 11.7 Å². The minimum Gasteiger partial charge on any atom is -0.462 e. The summed E-state index contributed by atoms with van der Waals surface area (Å²) in [5.74, 6) is -0.832. The summed E-state index contributed by atoms with van der Waals surface area (Å²) in [6.07, 6.45) is 4.48. The van der Waals surface area contributed by atoms with Crippen LogP contribution in [-0.2, 0) is 22.6 Å². The fraction of sp³-hybridized carbons (Fsp3) is 0.517. The van der Waals surface area contributed by atoms with Gasteiger partial charge in [0.2, 0.25) is 0 Å². The molecule has 0 spiro atoms. The molecular weight excluding hydrogens is 513 g/mol. The molecule has 11 heteroatoms. The Morgan fingerprint density at radius 1 is 1.27 bits per heavy atom. The molecule has 6 rings (SSSR count). The number of likely N-dealkylation sites (tertiary alicyclic amines) is 1. The number of anilines is 1. The zero-order chi connectivity index (χ0) is 28.0. The number of aromatic amines is 1. The van der Waals surface area contributed by atoms with Crippen molar-refractivity contribution >= 4 is 22.6 Å². The van der Waals surface area contributed by atoms with Crippen molar-refractivity contribution < 1.29 is 18.7 Å². The molecule has 212 valence electrons. The molecule has 2 fully saturated rings. The van der Waals surface area contributed by atoms with E-state index in [1.165, 1.54) is 4.90 Å². The number of ether oxygens (including phenoxy) is 2. The number of nitrogens with zero attached hydrogens (tertiary/aromatic N) is 6. The molecule has 2 saturated heterocycles. The number of carbonyl (C=O) groups is 1. The van der Waals surface area contributed by atoms with Gasteiger partial charge >= 0.3 is 6.01 Å². The molecule has 1 amide bonds. The van der Waals surface area contributed by atoms with Crippen LogP contribution < -0.4 is 9.64 Å².